The van der Waals surface area contributed by atoms with Crippen LogP contribution in [0.5, 0.6) is 0 Å². The first-order valence-corrected chi connectivity index (χ1v) is 9.65. The number of carbonyl (C=O) groups is 1. The van der Waals surface area contributed by atoms with Crippen LogP contribution < -0.4 is 0 Å². The van der Waals surface area contributed by atoms with E-state index in [0.29, 0.717) is 12.8 Å². The van der Waals surface area contributed by atoms with Gasteiger partial charge in [-0.05, 0) is 40.5 Å². The maximum absolute atomic E-state index is 12.1. The van der Waals surface area contributed by atoms with E-state index < -0.39 is 29.9 Å². The van der Waals surface area contributed by atoms with Crippen molar-refractivity contribution in [1.82, 2.24) is 0 Å². The van der Waals surface area contributed by atoms with Gasteiger partial charge in [-0.25, -0.2) is 14.6 Å². The molecule has 0 spiro atoms. The second-order valence-electron chi connectivity index (χ2n) is 7.51. The minimum Gasteiger partial charge on any atom is -0.401 e. The van der Waals surface area contributed by atoms with Crippen LogP contribution in [-0.4, -0.2) is 29.9 Å². The van der Waals surface area contributed by atoms with E-state index >= 15 is 0 Å². The summed E-state index contributed by atoms with van der Waals surface area (Å²) in [5, 5.41) is 0. The van der Waals surface area contributed by atoms with Crippen LogP contribution in [0.4, 0.5) is 4.79 Å². The lowest BCUT2D eigenvalue weighted by Crippen LogP contribution is -2.32. The van der Waals surface area contributed by atoms with Gasteiger partial charge in [0.25, 0.3) is 0 Å². The van der Waals surface area contributed by atoms with E-state index in [9.17, 15) is 4.79 Å². The van der Waals surface area contributed by atoms with Gasteiger partial charge in [0, 0.05) is 12.8 Å². The van der Waals surface area contributed by atoms with Gasteiger partial charge in [0.05, 0.1) is 11.2 Å². The molecule has 0 saturated carbocycles. The molecule has 0 aromatic rings. The summed E-state index contributed by atoms with van der Waals surface area (Å²) in [4.78, 5) is 33.4. The topological polar surface area (TPSA) is 72.5 Å². The third-order valence-corrected chi connectivity index (χ3v) is 3.97. The predicted octanol–water partition coefficient (Wildman–Crippen LogP) is 5.67. The van der Waals surface area contributed by atoms with Crippen LogP contribution >= 0.6 is 0 Å². The Hall–Kier alpha value is -0.890. The van der Waals surface area contributed by atoms with Crippen molar-refractivity contribution < 1.29 is 33.8 Å². The molecule has 0 N–H and O–H groups in total. The molecule has 0 aliphatic rings. The number of carbonyl (C=O) groups excluding carboxylic acids is 1. The van der Waals surface area contributed by atoms with Gasteiger partial charge in [-0.15, -0.1) is 0 Å². The minimum atomic E-state index is -0.877. The van der Waals surface area contributed by atoms with E-state index in [1.54, 1.807) is 0 Å². The number of hydrogen-bond donors (Lipinski definition) is 0. The molecular weight excluding hydrogens is 340 g/mol. The standard InChI is InChI=1S/C19H38O7/c1-9-13-15(23-25-18(5,6)11-3)21-17(20)22-16(14-10-2)24-26-19(7,8)12-4/h15-16H,9-14H2,1-8H3. The van der Waals surface area contributed by atoms with Crippen molar-refractivity contribution in [3.63, 3.8) is 0 Å². The largest absolute Gasteiger partial charge is 0.513 e. The first kappa shape index (κ1) is 25.1. The second kappa shape index (κ2) is 12.5. The Labute approximate surface area is 158 Å². The summed E-state index contributed by atoms with van der Waals surface area (Å²) < 4.78 is 10.4. The van der Waals surface area contributed by atoms with Crippen LogP contribution in [0.15, 0.2) is 0 Å². The molecule has 7 nitrogen and oxygen atoms in total. The average molecular weight is 379 g/mol. The molecule has 2 unspecified atom stereocenters. The maximum atomic E-state index is 12.1. The summed E-state index contributed by atoms with van der Waals surface area (Å²) in [6.45, 7) is 15.5. The normalized spacial score (nSPS) is 14.8. The summed E-state index contributed by atoms with van der Waals surface area (Å²) >= 11 is 0. The fourth-order valence-electron chi connectivity index (χ4n) is 1.45. The van der Waals surface area contributed by atoms with Gasteiger partial charge in [-0.2, -0.15) is 9.78 Å². The Morgan fingerprint density at radius 2 is 1.08 bits per heavy atom. The van der Waals surface area contributed by atoms with Crippen molar-refractivity contribution in [2.24, 2.45) is 0 Å². The van der Waals surface area contributed by atoms with Crippen LogP contribution in [0.25, 0.3) is 0 Å². The number of hydrogen-bond acceptors (Lipinski definition) is 7. The molecule has 0 saturated heterocycles. The molecule has 156 valence electrons. The van der Waals surface area contributed by atoms with Gasteiger partial charge in [0.1, 0.15) is 0 Å². The highest BCUT2D eigenvalue weighted by Crippen LogP contribution is 2.19. The van der Waals surface area contributed by atoms with E-state index in [1.807, 2.05) is 55.4 Å². The Balaban J connectivity index is 4.58. The highest BCUT2D eigenvalue weighted by molar-refractivity contribution is 5.60. The van der Waals surface area contributed by atoms with Crippen LogP contribution in [0.2, 0.25) is 0 Å². The SMILES string of the molecule is CCCC(OOC(C)(C)CC)OC(=O)OC(CCC)OOC(C)(C)CC. The summed E-state index contributed by atoms with van der Waals surface area (Å²) in [6, 6.07) is 0. The number of rotatable bonds is 14. The molecule has 0 bridgehead atoms. The molecule has 0 rings (SSSR count). The molecule has 0 aromatic heterocycles. The van der Waals surface area contributed by atoms with Crippen molar-refractivity contribution >= 4 is 6.16 Å². The molecular formula is C19H38O7. The molecule has 7 heteroatoms. The third kappa shape index (κ3) is 11.7. The first-order chi connectivity index (χ1) is 12.1. The Bertz CT molecular complexity index is 348. The van der Waals surface area contributed by atoms with Gasteiger partial charge in [0.15, 0.2) is 0 Å². The van der Waals surface area contributed by atoms with E-state index in [0.717, 1.165) is 25.7 Å². The van der Waals surface area contributed by atoms with Gasteiger partial charge in [-0.1, -0.05) is 40.5 Å². The molecule has 0 aromatic carbocycles. The molecule has 2 atom stereocenters. The van der Waals surface area contributed by atoms with E-state index in [2.05, 4.69) is 0 Å². The van der Waals surface area contributed by atoms with Gasteiger partial charge < -0.3 is 9.47 Å². The second-order valence-corrected chi connectivity index (χ2v) is 7.51. The fourth-order valence-corrected chi connectivity index (χ4v) is 1.45. The monoisotopic (exact) mass is 378 g/mol. The van der Waals surface area contributed by atoms with Gasteiger partial charge in [-0.3, -0.25) is 0 Å². The van der Waals surface area contributed by atoms with E-state index in [-0.39, 0.29) is 0 Å². The first-order valence-electron chi connectivity index (χ1n) is 9.65. The quantitative estimate of drug-likeness (QED) is 0.167. The maximum Gasteiger partial charge on any atom is 0.513 e. The molecule has 0 amide bonds. The van der Waals surface area contributed by atoms with E-state index in [1.165, 1.54) is 0 Å². The summed E-state index contributed by atoms with van der Waals surface area (Å²) in [6.07, 6.45) is 1.47. The Morgan fingerprint density at radius 1 is 0.731 bits per heavy atom. The Morgan fingerprint density at radius 3 is 1.35 bits per heavy atom. The highest BCUT2D eigenvalue weighted by atomic mass is 17.2. The van der Waals surface area contributed by atoms with Crippen LogP contribution in [-0.2, 0) is 29.0 Å². The lowest BCUT2D eigenvalue weighted by molar-refractivity contribution is -0.424. The van der Waals surface area contributed by atoms with Crippen molar-refractivity contribution in [1.29, 1.82) is 0 Å². The number of ether oxygens (including phenoxy) is 2. The molecule has 0 fully saturated rings. The highest BCUT2D eigenvalue weighted by Gasteiger charge is 2.26. The zero-order chi connectivity index (χ0) is 20.2. The minimum absolute atomic E-state index is 0.466. The molecule has 26 heavy (non-hydrogen) atoms. The van der Waals surface area contributed by atoms with E-state index in [4.69, 9.17) is 29.0 Å². The van der Waals surface area contributed by atoms with Gasteiger partial charge >= 0.3 is 6.16 Å². The molecule has 0 aliphatic heterocycles. The van der Waals surface area contributed by atoms with Crippen LogP contribution in [0.3, 0.4) is 0 Å². The zero-order valence-corrected chi connectivity index (χ0v) is 17.8. The lowest BCUT2D eigenvalue weighted by Gasteiger charge is -2.26. The van der Waals surface area contributed by atoms with Gasteiger partial charge in [0.2, 0.25) is 12.6 Å². The summed E-state index contributed by atoms with van der Waals surface area (Å²) in [5.41, 5.74) is -0.931. The summed E-state index contributed by atoms with van der Waals surface area (Å²) in [5.74, 6) is 0. The smallest absolute Gasteiger partial charge is 0.401 e. The van der Waals surface area contributed by atoms with Crippen molar-refractivity contribution in [3.8, 4) is 0 Å². The molecule has 0 aliphatic carbocycles. The average Bonchev–Trinajstić information content (AvgIpc) is 2.58. The predicted molar refractivity (Wildman–Crippen MR) is 98.0 cm³/mol. The molecule has 0 radical (unpaired) electrons. The van der Waals surface area contributed by atoms with Crippen molar-refractivity contribution in [2.75, 3.05) is 0 Å². The molecule has 0 heterocycles. The van der Waals surface area contributed by atoms with Crippen molar-refractivity contribution in [3.05, 3.63) is 0 Å². The van der Waals surface area contributed by atoms with Crippen LogP contribution in [0.1, 0.15) is 93.9 Å². The van der Waals surface area contributed by atoms with Crippen LogP contribution in [0, 0.1) is 0 Å². The van der Waals surface area contributed by atoms with Crippen molar-refractivity contribution in [2.45, 2.75) is 118 Å². The Kier molecular flexibility index (Phi) is 12.1. The fraction of sp³-hybridized carbons (Fsp3) is 0.947. The lowest BCUT2D eigenvalue weighted by atomic mass is 10.1. The zero-order valence-electron chi connectivity index (χ0n) is 17.8. The third-order valence-electron chi connectivity index (χ3n) is 3.97. The summed E-state index contributed by atoms with van der Waals surface area (Å²) in [7, 11) is 0.